The summed E-state index contributed by atoms with van der Waals surface area (Å²) in [5.41, 5.74) is -0.341. The van der Waals surface area contributed by atoms with Crippen LogP contribution in [0.3, 0.4) is 0 Å². The predicted molar refractivity (Wildman–Crippen MR) is 102 cm³/mol. The van der Waals surface area contributed by atoms with Gasteiger partial charge >= 0.3 is 12.1 Å². The van der Waals surface area contributed by atoms with Gasteiger partial charge in [-0.05, 0) is 46.7 Å². The van der Waals surface area contributed by atoms with E-state index in [0.717, 1.165) is 29.8 Å². The van der Waals surface area contributed by atoms with E-state index in [0.29, 0.717) is 0 Å². The fraction of sp³-hybridized carbons (Fsp3) is 0.263. The Morgan fingerprint density at radius 1 is 1.21 bits per heavy atom. The normalized spacial score (nSPS) is 11.4. The number of hydrogen-bond acceptors (Lipinski definition) is 6. The molecule has 2 aromatic rings. The summed E-state index contributed by atoms with van der Waals surface area (Å²) < 4.78 is 53.8. The Morgan fingerprint density at radius 2 is 2.00 bits per heavy atom. The predicted octanol–water partition coefficient (Wildman–Crippen LogP) is 3.99. The number of amides is 1. The van der Waals surface area contributed by atoms with E-state index in [4.69, 9.17) is 14.2 Å². The van der Waals surface area contributed by atoms with Gasteiger partial charge in [-0.25, -0.2) is 4.79 Å². The first kappa shape index (κ1) is 22.4. The van der Waals surface area contributed by atoms with Gasteiger partial charge in [-0.1, -0.05) is 0 Å². The van der Waals surface area contributed by atoms with Crippen molar-refractivity contribution in [3.05, 3.63) is 52.2 Å². The number of halogens is 3. The van der Waals surface area contributed by atoms with Crippen LogP contribution in [0.25, 0.3) is 6.08 Å². The number of nitrogens with one attached hydrogen (secondary N) is 1. The average Bonchev–Trinajstić information content (AvgIpc) is 3.19. The molecule has 2 rings (SSSR count). The Kier molecular flexibility index (Phi) is 8.22. The van der Waals surface area contributed by atoms with Crippen LogP contribution in [0.4, 0.5) is 18.9 Å². The molecule has 0 unspecified atom stereocenters. The van der Waals surface area contributed by atoms with Crippen LogP contribution in [-0.2, 0) is 25.2 Å². The first-order valence-electron chi connectivity index (χ1n) is 8.29. The van der Waals surface area contributed by atoms with Gasteiger partial charge in [0.25, 0.3) is 5.91 Å². The summed E-state index contributed by atoms with van der Waals surface area (Å²) >= 11 is 1.45. The second kappa shape index (κ2) is 10.6. The number of hydrogen-bond donors (Lipinski definition) is 1. The van der Waals surface area contributed by atoms with Gasteiger partial charge in [-0.15, -0.1) is 0 Å². The zero-order valence-electron chi connectivity index (χ0n) is 15.3. The van der Waals surface area contributed by atoms with Crippen LogP contribution < -0.4 is 10.1 Å². The molecule has 0 aliphatic carbocycles. The van der Waals surface area contributed by atoms with Crippen molar-refractivity contribution in [2.45, 2.75) is 6.18 Å². The molecule has 1 amide bonds. The summed E-state index contributed by atoms with van der Waals surface area (Å²) in [5, 5.41) is 5.92. The molecule has 0 aliphatic rings. The fourth-order valence-corrected chi connectivity index (χ4v) is 2.70. The van der Waals surface area contributed by atoms with Crippen LogP contribution in [0.2, 0.25) is 0 Å². The van der Waals surface area contributed by atoms with E-state index in [9.17, 15) is 22.8 Å². The second-order valence-electron chi connectivity index (χ2n) is 5.60. The molecule has 1 aromatic carbocycles. The lowest BCUT2D eigenvalue weighted by atomic mass is 10.1. The Morgan fingerprint density at radius 3 is 2.66 bits per heavy atom. The zero-order chi connectivity index (χ0) is 21.3. The van der Waals surface area contributed by atoms with Crippen molar-refractivity contribution >= 4 is 35.0 Å². The van der Waals surface area contributed by atoms with Crippen LogP contribution >= 0.6 is 11.3 Å². The molecular formula is C19H18F3NO5S. The third-order valence-corrected chi connectivity index (χ3v) is 4.13. The number of esters is 1. The summed E-state index contributed by atoms with van der Waals surface area (Å²) in [6, 6.07) is 4.48. The molecule has 0 spiro atoms. The largest absolute Gasteiger partial charge is 0.489 e. The van der Waals surface area contributed by atoms with E-state index in [1.165, 1.54) is 24.5 Å². The molecule has 1 N–H and O–H groups in total. The van der Waals surface area contributed by atoms with Crippen molar-refractivity contribution in [1.82, 2.24) is 0 Å². The minimum atomic E-state index is -4.59. The highest BCUT2D eigenvalue weighted by molar-refractivity contribution is 7.08. The number of ether oxygens (including phenoxy) is 3. The third kappa shape index (κ3) is 7.59. The fourth-order valence-electron chi connectivity index (χ4n) is 2.07. The Balaban J connectivity index is 1.99. The number of carbonyl (C=O) groups excluding carboxylic acids is 2. The molecule has 1 aromatic heterocycles. The minimum Gasteiger partial charge on any atom is -0.489 e. The van der Waals surface area contributed by atoms with E-state index in [1.54, 1.807) is 6.07 Å². The molecule has 0 saturated heterocycles. The highest BCUT2D eigenvalue weighted by Crippen LogP contribution is 2.35. The van der Waals surface area contributed by atoms with Gasteiger partial charge in [0.2, 0.25) is 0 Å². The highest BCUT2D eigenvalue weighted by atomic mass is 32.1. The Labute approximate surface area is 168 Å². The van der Waals surface area contributed by atoms with Crippen LogP contribution in [0.1, 0.15) is 11.1 Å². The lowest BCUT2D eigenvalue weighted by molar-refractivity contribution is -0.142. The summed E-state index contributed by atoms with van der Waals surface area (Å²) in [4.78, 5) is 23.7. The van der Waals surface area contributed by atoms with Crippen molar-refractivity contribution < 1.29 is 37.0 Å². The lowest BCUT2D eigenvalue weighted by Crippen LogP contribution is -2.21. The topological polar surface area (TPSA) is 73.9 Å². The summed E-state index contributed by atoms with van der Waals surface area (Å²) in [5.74, 6) is -1.53. The second-order valence-corrected chi connectivity index (χ2v) is 6.38. The molecule has 10 heteroatoms. The minimum absolute atomic E-state index is 0.0343. The number of methoxy groups -OCH3 is 1. The summed E-state index contributed by atoms with van der Waals surface area (Å²) in [6.45, 7) is -0.379. The van der Waals surface area contributed by atoms with Gasteiger partial charge in [0.15, 0.2) is 6.61 Å². The van der Waals surface area contributed by atoms with Crippen molar-refractivity contribution in [2.24, 2.45) is 0 Å². The van der Waals surface area contributed by atoms with Gasteiger partial charge in [-0.3, -0.25) is 4.79 Å². The highest BCUT2D eigenvalue weighted by Gasteiger charge is 2.31. The van der Waals surface area contributed by atoms with Gasteiger partial charge < -0.3 is 19.5 Å². The zero-order valence-corrected chi connectivity index (χ0v) is 16.1. The first-order chi connectivity index (χ1) is 13.8. The maximum absolute atomic E-state index is 12.9. The molecule has 0 atom stereocenters. The number of rotatable bonds is 9. The van der Waals surface area contributed by atoms with Crippen LogP contribution in [-0.4, -0.2) is 38.8 Å². The summed E-state index contributed by atoms with van der Waals surface area (Å²) in [6.07, 6.45) is -1.92. The first-order valence-corrected chi connectivity index (χ1v) is 9.23. The van der Waals surface area contributed by atoms with E-state index < -0.39 is 30.2 Å². The molecule has 0 aliphatic heterocycles. The van der Waals surface area contributed by atoms with E-state index >= 15 is 0 Å². The van der Waals surface area contributed by atoms with Gasteiger partial charge in [0, 0.05) is 13.2 Å². The van der Waals surface area contributed by atoms with E-state index in [-0.39, 0.29) is 24.7 Å². The number of anilines is 1. The van der Waals surface area contributed by atoms with Gasteiger partial charge in [-0.2, -0.15) is 24.5 Å². The maximum atomic E-state index is 12.9. The van der Waals surface area contributed by atoms with Crippen molar-refractivity contribution in [1.29, 1.82) is 0 Å². The van der Waals surface area contributed by atoms with Gasteiger partial charge in [0.1, 0.15) is 12.4 Å². The molecule has 0 saturated carbocycles. The average molecular weight is 429 g/mol. The third-order valence-electron chi connectivity index (χ3n) is 3.43. The number of benzene rings is 1. The molecule has 29 heavy (non-hydrogen) atoms. The van der Waals surface area contributed by atoms with Crippen molar-refractivity contribution in [2.75, 3.05) is 32.2 Å². The Bertz CT molecular complexity index is 850. The number of thiophene rings is 1. The van der Waals surface area contributed by atoms with Crippen LogP contribution in [0.5, 0.6) is 5.75 Å². The van der Waals surface area contributed by atoms with E-state index in [2.05, 4.69) is 5.32 Å². The molecule has 6 nitrogen and oxygen atoms in total. The molecule has 0 fully saturated rings. The Hall–Kier alpha value is -2.85. The standard InChI is InChI=1S/C19H18F3NO5S/c1-26-7-8-27-16-4-3-14(19(20,21)22)10-15(16)23-17(24)11-28-18(25)5-2-13-6-9-29-12-13/h2-6,9-10,12H,7-8,11H2,1H3,(H,23,24)/b5-2+. The quantitative estimate of drug-likeness (QED) is 0.371. The van der Waals surface area contributed by atoms with Crippen LogP contribution in [0, 0.1) is 0 Å². The summed E-state index contributed by atoms with van der Waals surface area (Å²) in [7, 11) is 1.44. The molecule has 0 bridgehead atoms. The van der Waals surface area contributed by atoms with Crippen LogP contribution in [0.15, 0.2) is 41.1 Å². The monoisotopic (exact) mass is 429 g/mol. The molecule has 1 heterocycles. The van der Waals surface area contributed by atoms with Crippen molar-refractivity contribution in [3.8, 4) is 5.75 Å². The number of carbonyl (C=O) groups is 2. The maximum Gasteiger partial charge on any atom is 0.416 e. The SMILES string of the molecule is COCCOc1ccc(C(F)(F)F)cc1NC(=O)COC(=O)/C=C/c1ccsc1. The molecule has 156 valence electrons. The smallest absolute Gasteiger partial charge is 0.416 e. The van der Waals surface area contributed by atoms with Crippen molar-refractivity contribution in [3.63, 3.8) is 0 Å². The lowest BCUT2D eigenvalue weighted by Gasteiger charge is -2.15. The van der Waals surface area contributed by atoms with Gasteiger partial charge in [0.05, 0.1) is 17.9 Å². The molecule has 0 radical (unpaired) electrons. The number of alkyl halides is 3. The molecular weight excluding hydrogens is 411 g/mol. The van der Waals surface area contributed by atoms with E-state index in [1.807, 2.05) is 10.8 Å².